The van der Waals surface area contributed by atoms with Crippen LogP contribution in [0.1, 0.15) is 41.8 Å². The summed E-state index contributed by atoms with van der Waals surface area (Å²) >= 11 is 0. The SMILES string of the molecule is O=C(COC(=O)c1ccccc1NCc1ccco1)NC(=O)NC1CCCC1. The van der Waals surface area contributed by atoms with E-state index in [1.54, 1.807) is 36.6 Å². The molecule has 3 rings (SSSR count). The number of hydrogen-bond donors (Lipinski definition) is 3. The van der Waals surface area contributed by atoms with Crippen LogP contribution in [0.3, 0.4) is 0 Å². The van der Waals surface area contributed by atoms with Gasteiger partial charge in [-0.25, -0.2) is 9.59 Å². The van der Waals surface area contributed by atoms with E-state index in [0.717, 1.165) is 31.4 Å². The topological polar surface area (TPSA) is 110 Å². The molecule has 3 amide bonds. The fourth-order valence-electron chi connectivity index (χ4n) is 3.07. The third-order valence-electron chi connectivity index (χ3n) is 4.46. The normalized spacial score (nSPS) is 13.7. The second kappa shape index (κ2) is 9.59. The lowest BCUT2D eigenvalue weighted by Crippen LogP contribution is -2.45. The number of anilines is 1. The van der Waals surface area contributed by atoms with Gasteiger partial charge in [0.25, 0.3) is 5.91 Å². The van der Waals surface area contributed by atoms with Gasteiger partial charge in [-0.05, 0) is 37.1 Å². The van der Waals surface area contributed by atoms with Crippen molar-refractivity contribution in [2.45, 2.75) is 38.3 Å². The van der Waals surface area contributed by atoms with Crippen LogP contribution in [-0.2, 0) is 16.1 Å². The van der Waals surface area contributed by atoms with Gasteiger partial charge in [0.05, 0.1) is 18.4 Å². The van der Waals surface area contributed by atoms with Gasteiger partial charge < -0.3 is 19.8 Å². The van der Waals surface area contributed by atoms with Crippen molar-refractivity contribution in [2.24, 2.45) is 0 Å². The number of urea groups is 1. The molecule has 1 fully saturated rings. The molecule has 8 nitrogen and oxygen atoms in total. The minimum atomic E-state index is -0.676. The van der Waals surface area contributed by atoms with Gasteiger partial charge in [0.1, 0.15) is 5.76 Å². The third kappa shape index (κ3) is 5.60. The monoisotopic (exact) mass is 385 g/mol. The van der Waals surface area contributed by atoms with Crippen LogP contribution >= 0.6 is 0 Å². The highest BCUT2D eigenvalue weighted by Crippen LogP contribution is 2.18. The van der Waals surface area contributed by atoms with Crippen molar-refractivity contribution >= 4 is 23.6 Å². The third-order valence-corrected chi connectivity index (χ3v) is 4.46. The molecular formula is C20H23N3O5. The van der Waals surface area contributed by atoms with Crippen LogP contribution in [-0.4, -0.2) is 30.6 Å². The Hall–Kier alpha value is -3.29. The van der Waals surface area contributed by atoms with E-state index >= 15 is 0 Å². The predicted molar refractivity (Wildman–Crippen MR) is 102 cm³/mol. The molecule has 1 aliphatic rings. The zero-order valence-corrected chi connectivity index (χ0v) is 15.4. The average Bonchev–Trinajstić information content (AvgIpc) is 3.38. The highest BCUT2D eigenvalue weighted by Gasteiger charge is 2.19. The number of imide groups is 1. The lowest BCUT2D eigenvalue weighted by atomic mass is 10.2. The van der Waals surface area contributed by atoms with Gasteiger partial charge in [0.2, 0.25) is 0 Å². The van der Waals surface area contributed by atoms with Crippen LogP contribution in [0.4, 0.5) is 10.5 Å². The Morgan fingerprint density at radius 1 is 1.07 bits per heavy atom. The predicted octanol–water partition coefficient (Wildman–Crippen LogP) is 2.82. The molecule has 1 saturated carbocycles. The second-order valence-corrected chi connectivity index (χ2v) is 6.56. The average molecular weight is 385 g/mol. The summed E-state index contributed by atoms with van der Waals surface area (Å²) in [6, 6.07) is 9.93. The van der Waals surface area contributed by atoms with Crippen molar-refractivity contribution in [3.63, 3.8) is 0 Å². The number of carbonyl (C=O) groups excluding carboxylic acids is 3. The Bertz CT molecular complexity index is 813. The smallest absolute Gasteiger partial charge is 0.340 e. The standard InChI is InChI=1S/C20H23N3O5/c24-18(23-20(26)22-14-6-1-2-7-14)13-28-19(25)16-9-3-4-10-17(16)21-12-15-8-5-11-27-15/h3-5,8-11,14,21H,1-2,6-7,12-13H2,(H2,22,23,24,26). The van der Waals surface area contributed by atoms with E-state index in [1.807, 2.05) is 6.07 Å². The molecule has 2 aromatic rings. The maximum absolute atomic E-state index is 12.3. The summed E-state index contributed by atoms with van der Waals surface area (Å²) in [5.41, 5.74) is 0.848. The lowest BCUT2D eigenvalue weighted by Gasteiger charge is -2.13. The molecule has 0 atom stereocenters. The number of rotatable bonds is 7. The molecule has 1 aliphatic carbocycles. The summed E-state index contributed by atoms with van der Waals surface area (Å²) in [5, 5.41) is 8.01. The van der Waals surface area contributed by atoms with Crippen molar-refractivity contribution in [3.05, 3.63) is 54.0 Å². The fourth-order valence-corrected chi connectivity index (χ4v) is 3.07. The maximum Gasteiger partial charge on any atom is 0.340 e. The van der Waals surface area contributed by atoms with Gasteiger partial charge in [-0.15, -0.1) is 0 Å². The Morgan fingerprint density at radius 2 is 1.86 bits per heavy atom. The molecule has 1 heterocycles. The molecule has 28 heavy (non-hydrogen) atoms. The summed E-state index contributed by atoms with van der Waals surface area (Å²) < 4.78 is 10.3. The summed E-state index contributed by atoms with van der Waals surface area (Å²) in [6.07, 6.45) is 5.54. The van der Waals surface area contributed by atoms with Gasteiger partial charge in [0, 0.05) is 11.7 Å². The van der Waals surface area contributed by atoms with E-state index in [1.165, 1.54) is 0 Å². The first kappa shape index (κ1) is 19.5. The Morgan fingerprint density at radius 3 is 2.61 bits per heavy atom. The van der Waals surface area contributed by atoms with Gasteiger partial charge in [0.15, 0.2) is 6.61 Å². The summed E-state index contributed by atoms with van der Waals surface area (Å²) in [5.74, 6) is -0.616. The number of benzene rings is 1. The Kier molecular flexibility index (Phi) is 6.67. The number of esters is 1. The molecule has 148 valence electrons. The van der Waals surface area contributed by atoms with Crippen molar-refractivity contribution in [3.8, 4) is 0 Å². The van der Waals surface area contributed by atoms with Crippen LogP contribution in [0.25, 0.3) is 0 Å². The molecule has 1 aromatic carbocycles. The zero-order chi connectivity index (χ0) is 19.8. The fraction of sp³-hybridized carbons (Fsp3) is 0.350. The highest BCUT2D eigenvalue weighted by atomic mass is 16.5. The minimum Gasteiger partial charge on any atom is -0.467 e. The molecular weight excluding hydrogens is 362 g/mol. The van der Waals surface area contributed by atoms with Crippen LogP contribution < -0.4 is 16.0 Å². The number of hydrogen-bond acceptors (Lipinski definition) is 6. The number of amides is 3. The molecule has 8 heteroatoms. The summed E-state index contributed by atoms with van der Waals surface area (Å²) in [6.45, 7) is -0.136. The van der Waals surface area contributed by atoms with Gasteiger partial charge in [-0.2, -0.15) is 0 Å². The van der Waals surface area contributed by atoms with Crippen molar-refractivity contribution in [2.75, 3.05) is 11.9 Å². The molecule has 0 aliphatic heterocycles. The van der Waals surface area contributed by atoms with Crippen LogP contribution in [0, 0.1) is 0 Å². The zero-order valence-electron chi connectivity index (χ0n) is 15.4. The molecule has 0 radical (unpaired) electrons. The van der Waals surface area contributed by atoms with E-state index in [4.69, 9.17) is 9.15 Å². The quantitative estimate of drug-likeness (QED) is 0.632. The Balaban J connectivity index is 1.47. The van der Waals surface area contributed by atoms with E-state index in [9.17, 15) is 14.4 Å². The maximum atomic E-state index is 12.3. The van der Waals surface area contributed by atoms with E-state index in [2.05, 4.69) is 16.0 Å². The van der Waals surface area contributed by atoms with Crippen LogP contribution in [0.5, 0.6) is 0 Å². The first-order valence-electron chi connectivity index (χ1n) is 9.24. The highest BCUT2D eigenvalue weighted by molar-refractivity contribution is 5.99. The van der Waals surface area contributed by atoms with E-state index < -0.39 is 24.5 Å². The number of furan rings is 1. The van der Waals surface area contributed by atoms with E-state index in [0.29, 0.717) is 12.2 Å². The molecule has 1 aromatic heterocycles. The molecule has 0 unspecified atom stereocenters. The summed E-state index contributed by atoms with van der Waals surface area (Å²) in [4.78, 5) is 36.0. The van der Waals surface area contributed by atoms with Gasteiger partial charge >= 0.3 is 12.0 Å². The summed E-state index contributed by atoms with van der Waals surface area (Å²) in [7, 11) is 0. The van der Waals surface area contributed by atoms with Crippen molar-refractivity contribution < 1.29 is 23.5 Å². The van der Waals surface area contributed by atoms with Crippen molar-refractivity contribution in [1.82, 2.24) is 10.6 Å². The molecule has 0 saturated heterocycles. The first-order chi connectivity index (χ1) is 13.6. The van der Waals surface area contributed by atoms with Crippen molar-refractivity contribution in [1.29, 1.82) is 0 Å². The lowest BCUT2D eigenvalue weighted by molar-refractivity contribution is -0.123. The molecule has 0 spiro atoms. The minimum absolute atomic E-state index is 0.0995. The first-order valence-corrected chi connectivity index (χ1v) is 9.24. The van der Waals surface area contributed by atoms with Crippen LogP contribution in [0.2, 0.25) is 0 Å². The van der Waals surface area contributed by atoms with Gasteiger partial charge in [-0.3, -0.25) is 10.1 Å². The number of para-hydroxylation sites is 1. The largest absolute Gasteiger partial charge is 0.467 e. The second-order valence-electron chi connectivity index (χ2n) is 6.56. The number of nitrogens with one attached hydrogen (secondary N) is 3. The number of ether oxygens (including phenoxy) is 1. The molecule has 0 bridgehead atoms. The van der Waals surface area contributed by atoms with Gasteiger partial charge in [-0.1, -0.05) is 25.0 Å². The molecule has 3 N–H and O–H groups in total. The van der Waals surface area contributed by atoms with E-state index in [-0.39, 0.29) is 11.6 Å². The number of carbonyl (C=O) groups is 3. The Labute approximate surface area is 162 Å². The van der Waals surface area contributed by atoms with Crippen LogP contribution in [0.15, 0.2) is 47.1 Å².